The van der Waals surface area contributed by atoms with Gasteiger partial charge in [0, 0.05) is 23.5 Å². The Bertz CT molecular complexity index is 402. The highest BCUT2D eigenvalue weighted by Gasteiger charge is 2.06. The average Bonchev–Trinajstić information content (AvgIpc) is 2.71. The van der Waals surface area contributed by atoms with Crippen LogP contribution in [0.1, 0.15) is 5.82 Å². The highest BCUT2D eigenvalue weighted by molar-refractivity contribution is 7.98. The van der Waals surface area contributed by atoms with Gasteiger partial charge in [-0.3, -0.25) is 4.57 Å². The average molecular weight is 193 g/mol. The van der Waals surface area contributed by atoms with E-state index in [2.05, 4.69) is 22.3 Å². The van der Waals surface area contributed by atoms with E-state index in [4.69, 9.17) is 0 Å². The molecule has 0 aliphatic heterocycles. The van der Waals surface area contributed by atoms with Crippen molar-refractivity contribution < 1.29 is 0 Å². The molecule has 0 aliphatic carbocycles. The molecule has 0 unspecified atom stereocenters. The third-order valence-electron chi connectivity index (χ3n) is 1.97. The van der Waals surface area contributed by atoms with E-state index in [9.17, 15) is 0 Å². The Morgan fingerprint density at radius 3 is 3.00 bits per heavy atom. The predicted octanol–water partition coefficient (Wildman–Crippen LogP) is 2.23. The highest BCUT2D eigenvalue weighted by atomic mass is 32.2. The summed E-state index contributed by atoms with van der Waals surface area (Å²) in [7, 11) is 0. The summed E-state index contributed by atoms with van der Waals surface area (Å²) >= 11 is 1.73. The molecule has 0 spiro atoms. The summed E-state index contributed by atoms with van der Waals surface area (Å²) in [6.07, 6.45) is 7.78. The molecule has 3 nitrogen and oxygen atoms in total. The Balaban J connectivity index is 2.52. The molecule has 2 heterocycles. The van der Waals surface area contributed by atoms with Gasteiger partial charge in [-0.25, -0.2) is 4.98 Å². The highest BCUT2D eigenvalue weighted by Crippen LogP contribution is 2.22. The molecule has 0 saturated carbocycles. The number of nitrogens with zero attached hydrogens (tertiary/aromatic N) is 2. The molecule has 68 valence electrons. The Hall–Kier alpha value is -1.16. The first-order chi connectivity index (χ1) is 6.33. The summed E-state index contributed by atoms with van der Waals surface area (Å²) in [5.41, 5.74) is 0. The fourth-order valence-corrected chi connectivity index (χ4v) is 1.87. The predicted molar refractivity (Wildman–Crippen MR) is 54.4 cm³/mol. The van der Waals surface area contributed by atoms with Gasteiger partial charge in [0.2, 0.25) is 0 Å². The SMILES string of the molecule is CSc1cc[nH]c1-n1ccnc1C. The smallest absolute Gasteiger partial charge is 0.129 e. The van der Waals surface area contributed by atoms with Crippen LogP contribution in [0.15, 0.2) is 29.6 Å². The maximum Gasteiger partial charge on any atom is 0.129 e. The van der Waals surface area contributed by atoms with Crippen molar-refractivity contribution in [2.45, 2.75) is 11.8 Å². The second-order valence-corrected chi connectivity index (χ2v) is 3.59. The van der Waals surface area contributed by atoms with Crippen molar-refractivity contribution in [2.24, 2.45) is 0 Å². The molecular formula is C9H11N3S. The van der Waals surface area contributed by atoms with E-state index in [1.807, 2.05) is 23.9 Å². The summed E-state index contributed by atoms with van der Waals surface area (Å²) in [6, 6.07) is 2.07. The van der Waals surface area contributed by atoms with Crippen LogP contribution in [0.4, 0.5) is 0 Å². The number of aromatic amines is 1. The van der Waals surface area contributed by atoms with Crippen LogP contribution in [0.5, 0.6) is 0 Å². The Kier molecular flexibility index (Phi) is 2.14. The fourth-order valence-electron chi connectivity index (χ4n) is 1.31. The lowest BCUT2D eigenvalue weighted by molar-refractivity contribution is 0.924. The van der Waals surface area contributed by atoms with Crippen LogP contribution in [0.3, 0.4) is 0 Å². The normalized spacial score (nSPS) is 10.6. The second-order valence-electron chi connectivity index (χ2n) is 2.74. The molecule has 0 atom stereocenters. The van der Waals surface area contributed by atoms with Crippen molar-refractivity contribution in [1.29, 1.82) is 0 Å². The van der Waals surface area contributed by atoms with Crippen LogP contribution in [-0.2, 0) is 0 Å². The lowest BCUT2D eigenvalue weighted by Crippen LogP contribution is -1.96. The van der Waals surface area contributed by atoms with Crippen LogP contribution in [0, 0.1) is 6.92 Å². The number of thioether (sulfide) groups is 1. The summed E-state index contributed by atoms with van der Waals surface area (Å²) < 4.78 is 2.05. The van der Waals surface area contributed by atoms with Crippen LogP contribution >= 0.6 is 11.8 Å². The van der Waals surface area contributed by atoms with Crippen LogP contribution in [0.25, 0.3) is 5.82 Å². The molecule has 1 N–H and O–H groups in total. The molecule has 2 aromatic rings. The lowest BCUT2D eigenvalue weighted by Gasteiger charge is -2.03. The van der Waals surface area contributed by atoms with E-state index in [-0.39, 0.29) is 0 Å². The van der Waals surface area contributed by atoms with Gasteiger partial charge in [-0.05, 0) is 19.2 Å². The number of imidazole rings is 1. The number of hydrogen-bond donors (Lipinski definition) is 1. The number of H-pyrrole nitrogens is 1. The van der Waals surface area contributed by atoms with Crippen molar-refractivity contribution in [3.05, 3.63) is 30.5 Å². The zero-order chi connectivity index (χ0) is 9.26. The van der Waals surface area contributed by atoms with E-state index in [1.54, 1.807) is 18.0 Å². The second kappa shape index (κ2) is 3.30. The van der Waals surface area contributed by atoms with Crippen molar-refractivity contribution in [1.82, 2.24) is 14.5 Å². The molecule has 0 aromatic carbocycles. The first kappa shape index (κ1) is 8.44. The molecule has 0 aliphatic rings. The van der Waals surface area contributed by atoms with Gasteiger partial charge in [-0.1, -0.05) is 0 Å². The maximum absolute atomic E-state index is 4.18. The quantitative estimate of drug-likeness (QED) is 0.742. The zero-order valence-electron chi connectivity index (χ0n) is 7.61. The molecule has 2 rings (SSSR count). The van der Waals surface area contributed by atoms with Gasteiger partial charge in [-0.2, -0.15) is 0 Å². The molecule has 0 fully saturated rings. The van der Waals surface area contributed by atoms with Crippen molar-refractivity contribution >= 4 is 11.8 Å². The van der Waals surface area contributed by atoms with E-state index in [1.165, 1.54) is 4.90 Å². The first-order valence-corrected chi connectivity index (χ1v) is 5.27. The van der Waals surface area contributed by atoms with Crippen LogP contribution in [-0.4, -0.2) is 20.8 Å². The van der Waals surface area contributed by atoms with Gasteiger partial charge in [0.25, 0.3) is 0 Å². The van der Waals surface area contributed by atoms with Gasteiger partial charge in [0.05, 0.1) is 0 Å². The van der Waals surface area contributed by atoms with Gasteiger partial charge in [0.1, 0.15) is 11.6 Å². The first-order valence-electron chi connectivity index (χ1n) is 4.04. The van der Waals surface area contributed by atoms with Crippen LogP contribution in [0.2, 0.25) is 0 Å². The third-order valence-corrected chi connectivity index (χ3v) is 2.74. The zero-order valence-corrected chi connectivity index (χ0v) is 8.43. The minimum atomic E-state index is 0.998. The largest absolute Gasteiger partial charge is 0.347 e. The van der Waals surface area contributed by atoms with Crippen LogP contribution < -0.4 is 0 Å². The molecule has 0 bridgehead atoms. The van der Waals surface area contributed by atoms with E-state index < -0.39 is 0 Å². The van der Waals surface area contributed by atoms with Gasteiger partial charge >= 0.3 is 0 Å². The van der Waals surface area contributed by atoms with E-state index >= 15 is 0 Å². The fraction of sp³-hybridized carbons (Fsp3) is 0.222. The number of nitrogens with one attached hydrogen (secondary N) is 1. The van der Waals surface area contributed by atoms with E-state index in [0.717, 1.165) is 11.6 Å². The summed E-state index contributed by atoms with van der Waals surface area (Å²) in [6.45, 7) is 1.99. The molecule has 0 radical (unpaired) electrons. The Morgan fingerprint density at radius 1 is 1.54 bits per heavy atom. The van der Waals surface area contributed by atoms with Gasteiger partial charge < -0.3 is 4.98 Å². The summed E-state index contributed by atoms with van der Waals surface area (Å²) in [5, 5.41) is 0. The number of hydrogen-bond acceptors (Lipinski definition) is 2. The minimum absolute atomic E-state index is 0.998. The molecule has 13 heavy (non-hydrogen) atoms. The topological polar surface area (TPSA) is 33.6 Å². The Morgan fingerprint density at radius 2 is 2.38 bits per heavy atom. The number of rotatable bonds is 2. The van der Waals surface area contributed by atoms with E-state index in [0.29, 0.717) is 0 Å². The third kappa shape index (κ3) is 1.37. The molecule has 0 amide bonds. The van der Waals surface area contributed by atoms with Crippen molar-refractivity contribution in [2.75, 3.05) is 6.26 Å². The molecule has 0 saturated heterocycles. The standard InChI is InChI=1S/C9H11N3S/c1-7-10-5-6-12(7)9-8(13-2)3-4-11-9/h3-6,11H,1-2H3. The van der Waals surface area contributed by atoms with Crippen molar-refractivity contribution in [3.8, 4) is 5.82 Å². The van der Waals surface area contributed by atoms with Gasteiger partial charge in [-0.15, -0.1) is 11.8 Å². The van der Waals surface area contributed by atoms with Gasteiger partial charge in [0.15, 0.2) is 0 Å². The van der Waals surface area contributed by atoms with Crippen molar-refractivity contribution in [3.63, 3.8) is 0 Å². The number of aryl methyl sites for hydroxylation is 1. The monoisotopic (exact) mass is 193 g/mol. The maximum atomic E-state index is 4.18. The molecule has 2 aromatic heterocycles. The molecule has 4 heteroatoms. The minimum Gasteiger partial charge on any atom is -0.347 e. The summed E-state index contributed by atoms with van der Waals surface area (Å²) in [5.74, 6) is 2.10. The number of aromatic nitrogens is 3. The molecular weight excluding hydrogens is 182 g/mol. The Labute approximate surface area is 81.2 Å². The lowest BCUT2D eigenvalue weighted by atomic mass is 10.5. The summed E-state index contributed by atoms with van der Waals surface area (Å²) in [4.78, 5) is 8.62.